The first-order chi connectivity index (χ1) is 11.2. The molecule has 0 spiro atoms. The minimum Gasteiger partial charge on any atom is -0.497 e. The average molecular weight is 304 g/mol. The van der Waals surface area contributed by atoms with Crippen LogP contribution in [-0.2, 0) is 6.54 Å². The molecule has 2 heterocycles. The molecule has 5 heteroatoms. The average Bonchev–Trinajstić information content (AvgIpc) is 3.00. The number of nitrogens with zero attached hydrogens (tertiary/aromatic N) is 3. The number of hydrogen-bond donors (Lipinski definition) is 1. The van der Waals surface area contributed by atoms with E-state index in [0.29, 0.717) is 12.4 Å². The Balaban J connectivity index is 1.78. The molecule has 2 aromatic heterocycles. The van der Waals surface area contributed by atoms with Gasteiger partial charge in [0.15, 0.2) is 0 Å². The summed E-state index contributed by atoms with van der Waals surface area (Å²) in [6.07, 6.45) is 1.95. The standard InChI is InChI=1S/C18H16N4O/c1-23-13-8-6-12(7-9-13)10-22-11-15-17(21-22)14-4-2-3-5-16(14)20-18(15)19/h2-9,11H,10H2,1H3,(H2,19,20). The fourth-order valence-electron chi connectivity index (χ4n) is 2.77. The largest absolute Gasteiger partial charge is 0.497 e. The molecule has 4 rings (SSSR count). The van der Waals surface area contributed by atoms with E-state index in [0.717, 1.165) is 33.1 Å². The molecule has 5 nitrogen and oxygen atoms in total. The Morgan fingerprint density at radius 2 is 1.83 bits per heavy atom. The Morgan fingerprint density at radius 3 is 2.61 bits per heavy atom. The highest BCUT2D eigenvalue weighted by Crippen LogP contribution is 2.26. The van der Waals surface area contributed by atoms with E-state index in [-0.39, 0.29) is 0 Å². The van der Waals surface area contributed by atoms with Crippen LogP contribution in [0.2, 0.25) is 0 Å². The fourth-order valence-corrected chi connectivity index (χ4v) is 2.77. The van der Waals surface area contributed by atoms with Crippen molar-refractivity contribution in [2.45, 2.75) is 6.54 Å². The number of methoxy groups -OCH3 is 1. The molecule has 0 radical (unpaired) electrons. The number of nitrogens with two attached hydrogens (primary N) is 1. The van der Waals surface area contributed by atoms with E-state index in [1.54, 1.807) is 7.11 Å². The van der Waals surface area contributed by atoms with E-state index >= 15 is 0 Å². The molecule has 4 aromatic rings. The zero-order valence-electron chi connectivity index (χ0n) is 12.7. The number of rotatable bonds is 3. The minimum absolute atomic E-state index is 0.514. The third-order valence-corrected chi connectivity index (χ3v) is 3.94. The monoisotopic (exact) mass is 304 g/mol. The number of fused-ring (bicyclic) bond motifs is 3. The van der Waals surface area contributed by atoms with Gasteiger partial charge in [-0.2, -0.15) is 5.10 Å². The molecule has 0 aliphatic heterocycles. The summed E-state index contributed by atoms with van der Waals surface area (Å²) in [7, 11) is 1.66. The van der Waals surface area contributed by atoms with Gasteiger partial charge in [0.25, 0.3) is 0 Å². The summed E-state index contributed by atoms with van der Waals surface area (Å²) in [5, 5.41) is 6.61. The topological polar surface area (TPSA) is 66.0 Å². The minimum atomic E-state index is 0.514. The van der Waals surface area contributed by atoms with Crippen molar-refractivity contribution in [2.24, 2.45) is 0 Å². The van der Waals surface area contributed by atoms with Crippen LogP contribution in [-0.4, -0.2) is 21.9 Å². The second-order valence-corrected chi connectivity index (χ2v) is 5.45. The van der Waals surface area contributed by atoms with E-state index in [1.807, 2.05) is 59.4 Å². The molecular formula is C18H16N4O. The molecule has 114 valence electrons. The SMILES string of the molecule is COc1ccc(Cn2cc3c(N)nc4ccccc4c3n2)cc1. The molecule has 0 bridgehead atoms. The van der Waals surface area contributed by atoms with Crippen LogP contribution in [0.25, 0.3) is 21.8 Å². The predicted octanol–water partition coefficient (Wildman–Crippen LogP) is 3.22. The lowest BCUT2D eigenvalue weighted by molar-refractivity contribution is 0.414. The smallest absolute Gasteiger partial charge is 0.135 e. The van der Waals surface area contributed by atoms with Crippen LogP contribution in [0.4, 0.5) is 5.82 Å². The maximum absolute atomic E-state index is 6.09. The lowest BCUT2D eigenvalue weighted by Crippen LogP contribution is -1.99. The van der Waals surface area contributed by atoms with Crippen molar-refractivity contribution in [3.8, 4) is 5.75 Å². The van der Waals surface area contributed by atoms with Gasteiger partial charge in [0.05, 0.1) is 24.6 Å². The van der Waals surface area contributed by atoms with Gasteiger partial charge in [0.2, 0.25) is 0 Å². The zero-order valence-corrected chi connectivity index (χ0v) is 12.7. The van der Waals surface area contributed by atoms with Crippen LogP contribution in [0, 0.1) is 0 Å². The van der Waals surface area contributed by atoms with Crippen LogP contribution < -0.4 is 10.5 Å². The van der Waals surface area contributed by atoms with Crippen LogP contribution >= 0.6 is 0 Å². The Bertz CT molecular complexity index is 989. The summed E-state index contributed by atoms with van der Waals surface area (Å²) in [4.78, 5) is 4.45. The predicted molar refractivity (Wildman–Crippen MR) is 91.5 cm³/mol. The molecule has 0 saturated carbocycles. The third-order valence-electron chi connectivity index (χ3n) is 3.94. The molecule has 2 aromatic carbocycles. The lowest BCUT2D eigenvalue weighted by atomic mass is 10.1. The first-order valence-corrected chi connectivity index (χ1v) is 7.39. The second kappa shape index (κ2) is 5.28. The molecule has 0 fully saturated rings. The summed E-state index contributed by atoms with van der Waals surface area (Å²) in [6, 6.07) is 15.9. The number of aromatic nitrogens is 3. The molecule has 23 heavy (non-hydrogen) atoms. The van der Waals surface area contributed by atoms with E-state index in [2.05, 4.69) is 4.98 Å². The van der Waals surface area contributed by atoms with Crippen molar-refractivity contribution in [1.29, 1.82) is 0 Å². The molecule has 0 aliphatic rings. The molecule has 0 unspecified atom stereocenters. The van der Waals surface area contributed by atoms with Gasteiger partial charge in [-0.1, -0.05) is 30.3 Å². The summed E-state index contributed by atoms with van der Waals surface area (Å²) >= 11 is 0. The highest BCUT2D eigenvalue weighted by Gasteiger charge is 2.10. The highest BCUT2D eigenvalue weighted by atomic mass is 16.5. The number of pyridine rings is 1. The van der Waals surface area contributed by atoms with E-state index in [9.17, 15) is 0 Å². The number of nitrogen functional groups attached to an aromatic ring is 1. The van der Waals surface area contributed by atoms with Crippen LogP contribution in [0.5, 0.6) is 5.75 Å². The third kappa shape index (κ3) is 2.36. The molecule has 0 saturated heterocycles. The van der Waals surface area contributed by atoms with Gasteiger partial charge in [-0.15, -0.1) is 0 Å². The first kappa shape index (κ1) is 13.6. The van der Waals surface area contributed by atoms with Gasteiger partial charge in [-0.25, -0.2) is 4.98 Å². The number of hydrogen-bond acceptors (Lipinski definition) is 4. The van der Waals surface area contributed by atoms with Crippen molar-refractivity contribution in [2.75, 3.05) is 12.8 Å². The van der Waals surface area contributed by atoms with Gasteiger partial charge in [-0.3, -0.25) is 4.68 Å². The molecule has 0 aliphatic carbocycles. The Kier molecular flexibility index (Phi) is 3.12. The number of benzene rings is 2. The number of para-hydroxylation sites is 1. The Hall–Kier alpha value is -3.08. The highest BCUT2D eigenvalue weighted by molar-refractivity contribution is 6.07. The van der Waals surface area contributed by atoms with Crippen molar-refractivity contribution < 1.29 is 4.74 Å². The first-order valence-electron chi connectivity index (χ1n) is 7.39. The molecule has 2 N–H and O–H groups in total. The summed E-state index contributed by atoms with van der Waals surface area (Å²) in [5.74, 6) is 1.36. The van der Waals surface area contributed by atoms with Crippen LogP contribution in [0.15, 0.2) is 54.7 Å². The van der Waals surface area contributed by atoms with E-state index in [1.165, 1.54) is 0 Å². The molecule has 0 amide bonds. The van der Waals surface area contributed by atoms with E-state index < -0.39 is 0 Å². The Morgan fingerprint density at radius 1 is 1.04 bits per heavy atom. The summed E-state index contributed by atoms with van der Waals surface area (Å²) in [6.45, 7) is 0.673. The lowest BCUT2D eigenvalue weighted by Gasteiger charge is -2.03. The molecular weight excluding hydrogens is 288 g/mol. The number of ether oxygens (including phenoxy) is 1. The van der Waals surface area contributed by atoms with Crippen molar-refractivity contribution in [3.05, 3.63) is 60.3 Å². The zero-order chi connectivity index (χ0) is 15.8. The Labute approximate surface area is 133 Å². The van der Waals surface area contributed by atoms with Gasteiger partial charge >= 0.3 is 0 Å². The second-order valence-electron chi connectivity index (χ2n) is 5.45. The van der Waals surface area contributed by atoms with Gasteiger partial charge in [0.1, 0.15) is 17.1 Å². The van der Waals surface area contributed by atoms with Crippen LogP contribution in [0.1, 0.15) is 5.56 Å². The van der Waals surface area contributed by atoms with Crippen molar-refractivity contribution in [1.82, 2.24) is 14.8 Å². The quantitative estimate of drug-likeness (QED) is 0.631. The van der Waals surface area contributed by atoms with Crippen molar-refractivity contribution >= 4 is 27.6 Å². The molecule has 0 atom stereocenters. The summed E-state index contributed by atoms with van der Waals surface area (Å²) < 4.78 is 7.08. The van der Waals surface area contributed by atoms with Gasteiger partial charge in [0, 0.05) is 11.6 Å². The maximum atomic E-state index is 6.09. The van der Waals surface area contributed by atoms with Crippen molar-refractivity contribution in [3.63, 3.8) is 0 Å². The number of anilines is 1. The maximum Gasteiger partial charge on any atom is 0.135 e. The fraction of sp³-hybridized carbons (Fsp3) is 0.111. The van der Waals surface area contributed by atoms with E-state index in [4.69, 9.17) is 15.6 Å². The van der Waals surface area contributed by atoms with Crippen LogP contribution in [0.3, 0.4) is 0 Å². The normalized spacial score (nSPS) is 11.2. The summed E-state index contributed by atoms with van der Waals surface area (Å²) in [5.41, 5.74) is 8.99. The van der Waals surface area contributed by atoms with Gasteiger partial charge < -0.3 is 10.5 Å². The van der Waals surface area contributed by atoms with Gasteiger partial charge in [-0.05, 0) is 23.8 Å².